The average Bonchev–Trinajstić information content (AvgIpc) is 3.44. The summed E-state index contributed by atoms with van der Waals surface area (Å²) in [5, 5.41) is 2.58. The van der Waals surface area contributed by atoms with E-state index in [1.807, 2.05) is 26.0 Å². The summed E-state index contributed by atoms with van der Waals surface area (Å²) in [6.07, 6.45) is 11.9. The van der Waals surface area contributed by atoms with Crippen LogP contribution < -0.4 is 15.1 Å². The second-order valence-electron chi connectivity index (χ2n) is 17.4. The van der Waals surface area contributed by atoms with Crippen molar-refractivity contribution in [2.75, 3.05) is 13.7 Å². The molecule has 0 saturated carbocycles. The van der Waals surface area contributed by atoms with Gasteiger partial charge in [0.05, 0.1) is 0 Å². The summed E-state index contributed by atoms with van der Waals surface area (Å²) < 4.78 is 38.9. The number of hydrogen-bond donors (Lipinski definition) is 0. The van der Waals surface area contributed by atoms with Gasteiger partial charge in [-0.1, -0.05) is 0 Å². The summed E-state index contributed by atoms with van der Waals surface area (Å²) in [6.45, 7) is 21.6. The maximum atomic E-state index is 7.61. The molecule has 3 atom stereocenters. The summed E-state index contributed by atoms with van der Waals surface area (Å²) in [7, 11) is -0.997. The normalized spacial score (nSPS) is 18.4. The van der Waals surface area contributed by atoms with Gasteiger partial charge in [-0.05, 0) is 0 Å². The molecule has 0 N–H and O–H groups in total. The van der Waals surface area contributed by atoms with E-state index in [4.69, 9.17) is 23.4 Å². The van der Waals surface area contributed by atoms with Crippen LogP contribution in [0.3, 0.4) is 0 Å². The van der Waals surface area contributed by atoms with Crippen molar-refractivity contribution in [3.63, 3.8) is 0 Å². The molecular formula is C48H74O5SiSn. The van der Waals surface area contributed by atoms with Gasteiger partial charge in [0, 0.05) is 0 Å². The molecule has 1 heterocycles. The summed E-state index contributed by atoms with van der Waals surface area (Å²) in [6, 6.07) is 30.5. The zero-order valence-corrected chi connectivity index (χ0v) is 40.0. The second kappa shape index (κ2) is 21.7. The number of unbranched alkanes of at least 4 members (excludes halogenated alkanes) is 3. The topological polar surface area (TPSA) is 46.2 Å². The molecule has 304 valence electrons. The molecule has 0 spiro atoms. The number of hydrogen-bond acceptors (Lipinski definition) is 5. The Hall–Kier alpha value is -1.94. The quantitative estimate of drug-likeness (QED) is 0.0888. The van der Waals surface area contributed by atoms with E-state index in [2.05, 4.69) is 127 Å². The first-order valence-electron chi connectivity index (χ1n) is 21.4. The molecule has 1 saturated heterocycles. The predicted octanol–water partition coefficient (Wildman–Crippen LogP) is 11.8. The van der Waals surface area contributed by atoms with Crippen LogP contribution >= 0.6 is 0 Å². The van der Waals surface area contributed by atoms with Gasteiger partial charge in [-0.2, -0.15) is 0 Å². The van der Waals surface area contributed by atoms with Crippen molar-refractivity contribution in [3.8, 4) is 5.75 Å². The van der Waals surface area contributed by atoms with Crippen molar-refractivity contribution in [1.82, 2.24) is 0 Å². The van der Waals surface area contributed by atoms with E-state index < -0.39 is 32.5 Å². The SMILES string of the molecule is CCC[CH2][Sn]([CH2]CCC)([CH2]CCC)/[C](=C/CO[Si](c1ccccc1)(c1ccccc1)C(C)(C)C)C[C@@H](C[C@H]1OC(C)(C)O[C@@H]1C)OCc1ccc(OC)cc1. The first-order chi connectivity index (χ1) is 26.3. The maximum absolute atomic E-state index is 7.61. The predicted molar refractivity (Wildman–Crippen MR) is 237 cm³/mol. The van der Waals surface area contributed by atoms with E-state index in [9.17, 15) is 0 Å². The van der Waals surface area contributed by atoms with Crippen LogP contribution in [-0.4, -0.2) is 64.5 Å². The first kappa shape index (κ1) is 45.8. The van der Waals surface area contributed by atoms with Gasteiger partial charge in [0.1, 0.15) is 0 Å². The second-order valence-corrected chi connectivity index (χ2v) is 35.1. The Morgan fingerprint density at radius 1 is 0.800 bits per heavy atom. The van der Waals surface area contributed by atoms with Crippen molar-refractivity contribution in [3.05, 3.63) is 100 Å². The van der Waals surface area contributed by atoms with Crippen LogP contribution in [0.25, 0.3) is 0 Å². The van der Waals surface area contributed by atoms with Gasteiger partial charge in [0.15, 0.2) is 0 Å². The van der Waals surface area contributed by atoms with Crippen LogP contribution in [0.5, 0.6) is 5.75 Å². The van der Waals surface area contributed by atoms with E-state index in [0.29, 0.717) is 13.2 Å². The van der Waals surface area contributed by atoms with Crippen molar-refractivity contribution < 1.29 is 23.4 Å². The molecule has 7 heteroatoms. The Kier molecular flexibility index (Phi) is 18.1. The Morgan fingerprint density at radius 2 is 1.33 bits per heavy atom. The summed E-state index contributed by atoms with van der Waals surface area (Å²) in [5.41, 5.74) is 1.15. The fourth-order valence-electron chi connectivity index (χ4n) is 8.85. The third-order valence-corrected chi connectivity index (χ3v) is 33.1. The van der Waals surface area contributed by atoms with Gasteiger partial charge in [-0.3, -0.25) is 0 Å². The van der Waals surface area contributed by atoms with Gasteiger partial charge in [0.25, 0.3) is 0 Å². The average molecular weight is 878 g/mol. The fraction of sp³-hybridized carbons (Fsp3) is 0.583. The van der Waals surface area contributed by atoms with E-state index in [-0.39, 0.29) is 23.4 Å². The summed E-state index contributed by atoms with van der Waals surface area (Å²) in [5.74, 6) is 0.264. The monoisotopic (exact) mass is 878 g/mol. The molecule has 4 rings (SSSR count). The molecule has 5 nitrogen and oxygen atoms in total. The van der Waals surface area contributed by atoms with E-state index in [0.717, 1.165) is 24.2 Å². The molecule has 1 aliphatic rings. The zero-order chi connectivity index (χ0) is 40.0. The molecule has 0 aliphatic carbocycles. The van der Waals surface area contributed by atoms with E-state index in [1.165, 1.54) is 62.2 Å². The molecule has 0 unspecified atom stereocenters. The van der Waals surface area contributed by atoms with Crippen LogP contribution in [0, 0.1) is 0 Å². The molecule has 1 fully saturated rings. The fourth-order valence-corrected chi connectivity index (χ4v) is 30.4. The Bertz CT molecular complexity index is 1490. The van der Waals surface area contributed by atoms with Gasteiger partial charge in [0.2, 0.25) is 0 Å². The number of methoxy groups -OCH3 is 1. The van der Waals surface area contributed by atoms with Crippen LogP contribution in [0.15, 0.2) is 94.6 Å². The standard InChI is InChI=1S/C36H47O5Si.3C4H9.Sn/c1-28-34(41-36(5,6)40-28)26-31(38-27-29-21-23-30(37-7)24-22-29)16-14-15-25-39-42(35(2,3)4,32-17-10-8-11-18-32)33-19-12-9-13-20-33;3*1-3-4-2;/h8-13,15,17-24,28,31,34H,16,25-27H2,1-7H3;3*1,3-4H2,2H3;/t28-,31+,34-;;;;/m1..../s1. The molecule has 0 bridgehead atoms. The molecule has 0 radical (unpaired) electrons. The minimum atomic E-state index is -2.98. The number of rotatable bonds is 23. The van der Waals surface area contributed by atoms with E-state index >= 15 is 0 Å². The Labute approximate surface area is 340 Å². The van der Waals surface area contributed by atoms with Crippen molar-refractivity contribution >= 4 is 37.1 Å². The third kappa shape index (κ3) is 12.5. The molecule has 1 aliphatic heterocycles. The zero-order valence-electron chi connectivity index (χ0n) is 36.1. The van der Waals surface area contributed by atoms with Crippen molar-refractivity contribution in [2.45, 2.75) is 163 Å². The molecule has 55 heavy (non-hydrogen) atoms. The van der Waals surface area contributed by atoms with Crippen LogP contribution in [0.2, 0.25) is 18.3 Å². The molecular weight excluding hydrogens is 803 g/mol. The van der Waals surface area contributed by atoms with Crippen LogP contribution in [0.1, 0.15) is 119 Å². The van der Waals surface area contributed by atoms with Crippen LogP contribution in [-0.2, 0) is 25.2 Å². The number of benzene rings is 3. The number of ether oxygens (including phenoxy) is 4. The van der Waals surface area contributed by atoms with Crippen LogP contribution in [0.4, 0.5) is 0 Å². The van der Waals surface area contributed by atoms with Crippen molar-refractivity contribution in [2.24, 2.45) is 0 Å². The van der Waals surface area contributed by atoms with Gasteiger partial charge >= 0.3 is 343 Å². The first-order valence-corrected chi connectivity index (χ1v) is 30.8. The van der Waals surface area contributed by atoms with Gasteiger partial charge < -0.3 is 0 Å². The minimum absolute atomic E-state index is 0.00143. The molecule has 3 aromatic rings. The molecule has 0 amide bonds. The van der Waals surface area contributed by atoms with Crippen molar-refractivity contribution in [1.29, 1.82) is 0 Å². The molecule has 3 aromatic carbocycles. The van der Waals surface area contributed by atoms with Gasteiger partial charge in [-0.15, -0.1) is 0 Å². The van der Waals surface area contributed by atoms with Gasteiger partial charge in [-0.25, -0.2) is 0 Å². The van der Waals surface area contributed by atoms with E-state index in [1.54, 1.807) is 10.7 Å². The summed E-state index contributed by atoms with van der Waals surface area (Å²) in [4.78, 5) is 0. The Morgan fingerprint density at radius 3 is 1.76 bits per heavy atom. The third-order valence-electron chi connectivity index (χ3n) is 11.8. The molecule has 0 aromatic heterocycles. The summed E-state index contributed by atoms with van der Waals surface area (Å²) >= 11 is -2.98. The Balaban J connectivity index is 1.82.